The molecule has 0 aliphatic carbocycles. The van der Waals surface area contributed by atoms with Crippen LogP contribution in [0.5, 0.6) is 0 Å². The average Bonchev–Trinajstić information content (AvgIpc) is 1.95. The SMILES string of the molecule is CCN(CCC(C)(C)O)CC(C)C. The van der Waals surface area contributed by atoms with Crippen molar-refractivity contribution in [3.8, 4) is 0 Å². The van der Waals surface area contributed by atoms with Crippen LogP contribution in [0.4, 0.5) is 0 Å². The predicted molar refractivity (Wildman–Crippen MR) is 57.9 cm³/mol. The van der Waals surface area contributed by atoms with E-state index < -0.39 is 5.60 Å². The minimum Gasteiger partial charge on any atom is -0.390 e. The Bertz CT molecular complexity index is 127. The van der Waals surface area contributed by atoms with Crippen LogP contribution in [0.15, 0.2) is 0 Å². The van der Waals surface area contributed by atoms with Crippen LogP contribution in [-0.2, 0) is 0 Å². The van der Waals surface area contributed by atoms with Crippen molar-refractivity contribution in [3.63, 3.8) is 0 Å². The Morgan fingerprint density at radius 1 is 1.31 bits per heavy atom. The highest BCUT2D eigenvalue weighted by molar-refractivity contribution is 4.68. The summed E-state index contributed by atoms with van der Waals surface area (Å²) in [5, 5.41) is 9.57. The van der Waals surface area contributed by atoms with Crippen LogP contribution in [0.2, 0.25) is 0 Å². The highest BCUT2D eigenvalue weighted by Crippen LogP contribution is 2.09. The Kier molecular flexibility index (Phi) is 5.57. The van der Waals surface area contributed by atoms with Crippen molar-refractivity contribution in [2.24, 2.45) is 5.92 Å². The summed E-state index contributed by atoms with van der Waals surface area (Å²) in [7, 11) is 0. The monoisotopic (exact) mass is 187 g/mol. The van der Waals surface area contributed by atoms with Crippen molar-refractivity contribution in [2.45, 2.75) is 46.6 Å². The van der Waals surface area contributed by atoms with Gasteiger partial charge in [-0.2, -0.15) is 0 Å². The van der Waals surface area contributed by atoms with E-state index in [1.807, 2.05) is 13.8 Å². The molecule has 0 fully saturated rings. The van der Waals surface area contributed by atoms with Crippen LogP contribution in [0, 0.1) is 5.92 Å². The Morgan fingerprint density at radius 3 is 2.15 bits per heavy atom. The Hall–Kier alpha value is -0.0800. The summed E-state index contributed by atoms with van der Waals surface area (Å²) in [5.74, 6) is 0.710. The van der Waals surface area contributed by atoms with E-state index in [1.54, 1.807) is 0 Å². The van der Waals surface area contributed by atoms with E-state index in [0.29, 0.717) is 5.92 Å². The lowest BCUT2D eigenvalue weighted by atomic mass is 10.1. The van der Waals surface area contributed by atoms with Crippen molar-refractivity contribution < 1.29 is 5.11 Å². The molecule has 1 N–H and O–H groups in total. The van der Waals surface area contributed by atoms with Crippen LogP contribution < -0.4 is 0 Å². The molecule has 0 amide bonds. The van der Waals surface area contributed by atoms with Crippen molar-refractivity contribution in [2.75, 3.05) is 19.6 Å². The molecule has 0 aliphatic heterocycles. The molecule has 0 aromatic heterocycles. The van der Waals surface area contributed by atoms with Gasteiger partial charge in [0, 0.05) is 13.1 Å². The van der Waals surface area contributed by atoms with E-state index in [9.17, 15) is 5.11 Å². The number of rotatable bonds is 6. The first-order valence-corrected chi connectivity index (χ1v) is 5.30. The van der Waals surface area contributed by atoms with Crippen molar-refractivity contribution >= 4 is 0 Å². The Labute approximate surface area is 82.9 Å². The Morgan fingerprint density at radius 2 is 1.85 bits per heavy atom. The number of hydrogen-bond acceptors (Lipinski definition) is 2. The number of aliphatic hydroxyl groups is 1. The molecule has 80 valence electrons. The molecular formula is C11H25NO. The standard InChI is InChI=1S/C11H25NO/c1-6-12(9-10(2)3)8-7-11(4,5)13/h10,13H,6-9H2,1-5H3. The van der Waals surface area contributed by atoms with Crippen molar-refractivity contribution in [3.05, 3.63) is 0 Å². The summed E-state index contributed by atoms with van der Waals surface area (Å²) >= 11 is 0. The lowest BCUT2D eigenvalue weighted by Crippen LogP contribution is -2.33. The molecule has 0 saturated carbocycles. The molecule has 2 nitrogen and oxygen atoms in total. The molecule has 2 heteroatoms. The highest BCUT2D eigenvalue weighted by Gasteiger charge is 2.14. The topological polar surface area (TPSA) is 23.5 Å². The molecule has 0 spiro atoms. The molecule has 0 unspecified atom stereocenters. The summed E-state index contributed by atoms with van der Waals surface area (Å²) in [4.78, 5) is 2.39. The fraction of sp³-hybridized carbons (Fsp3) is 1.00. The molecule has 0 atom stereocenters. The van der Waals surface area contributed by atoms with Gasteiger partial charge in [-0.25, -0.2) is 0 Å². The fourth-order valence-corrected chi connectivity index (χ4v) is 1.33. The van der Waals surface area contributed by atoms with Gasteiger partial charge in [0.25, 0.3) is 0 Å². The van der Waals surface area contributed by atoms with E-state index in [1.165, 1.54) is 0 Å². The quantitative estimate of drug-likeness (QED) is 0.688. The van der Waals surface area contributed by atoms with Crippen molar-refractivity contribution in [1.29, 1.82) is 0 Å². The highest BCUT2D eigenvalue weighted by atomic mass is 16.3. The average molecular weight is 187 g/mol. The number of nitrogens with zero attached hydrogens (tertiary/aromatic N) is 1. The van der Waals surface area contributed by atoms with Crippen LogP contribution in [-0.4, -0.2) is 35.2 Å². The first-order chi connectivity index (χ1) is 5.85. The summed E-state index contributed by atoms with van der Waals surface area (Å²) in [6.07, 6.45) is 0.855. The van der Waals surface area contributed by atoms with E-state index in [0.717, 1.165) is 26.1 Å². The summed E-state index contributed by atoms with van der Waals surface area (Å²) in [6.45, 7) is 13.6. The smallest absolute Gasteiger partial charge is 0.0603 e. The summed E-state index contributed by atoms with van der Waals surface area (Å²) < 4.78 is 0. The first-order valence-electron chi connectivity index (χ1n) is 5.30. The third-order valence-electron chi connectivity index (χ3n) is 2.11. The van der Waals surface area contributed by atoms with E-state index in [2.05, 4.69) is 25.7 Å². The van der Waals surface area contributed by atoms with E-state index in [-0.39, 0.29) is 0 Å². The van der Waals surface area contributed by atoms with Gasteiger partial charge in [0.15, 0.2) is 0 Å². The molecular weight excluding hydrogens is 162 g/mol. The van der Waals surface area contributed by atoms with Gasteiger partial charge in [-0.1, -0.05) is 20.8 Å². The van der Waals surface area contributed by atoms with Gasteiger partial charge in [0.1, 0.15) is 0 Å². The second kappa shape index (κ2) is 5.61. The largest absolute Gasteiger partial charge is 0.390 e. The fourth-order valence-electron chi connectivity index (χ4n) is 1.33. The summed E-state index contributed by atoms with van der Waals surface area (Å²) in [6, 6.07) is 0. The third-order valence-corrected chi connectivity index (χ3v) is 2.11. The lowest BCUT2D eigenvalue weighted by Gasteiger charge is -2.26. The van der Waals surface area contributed by atoms with Gasteiger partial charge in [-0.15, -0.1) is 0 Å². The van der Waals surface area contributed by atoms with Crippen molar-refractivity contribution in [1.82, 2.24) is 4.90 Å². The predicted octanol–water partition coefficient (Wildman–Crippen LogP) is 2.13. The molecule has 0 aromatic carbocycles. The third kappa shape index (κ3) is 8.26. The minimum atomic E-state index is -0.523. The second-order valence-electron chi connectivity index (χ2n) is 4.85. The van der Waals surface area contributed by atoms with Gasteiger partial charge in [-0.05, 0) is 32.7 Å². The van der Waals surface area contributed by atoms with Crippen LogP contribution in [0.25, 0.3) is 0 Å². The maximum atomic E-state index is 9.57. The summed E-state index contributed by atoms with van der Waals surface area (Å²) in [5.41, 5.74) is -0.523. The van der Waals surface area contributed by atoms with Crippen LogP contribution >= 0.6 is 0 Å². The molecule has 13 heavy (non-hydrogen) atoms. The Balaban J connectivity index is 3.72. The zero-order chi connectivity index (χ0) is 10.5. The van der Waals surface area contributed by atoms with Crippen LogP contribution in [0.3, 0.4) is 0 Å². The van der Waals surface area contributed by atoms with E-state index in [4.69, 9.17) is 0 Å². The zero-order valence-electron chi connectivity index (χ0n) is 9.80. The first kappa shape index (κ1) is 12.9. The molecule has 0 heterocycles. The minimum absolute atomic E-state index is 0.523. The molecule has 0 saturated heterocycles. The van der Waals surface area contributed by atoms with Gasteiger partial charge < -0.3 is 10.0 Å². The van der Waals surface area contributed by atoms with Gasteiger partial charge in [0.2, 0.25) is 0 Å². The van der Waals surface area contributed by atoms with Gasteiger partial charge in [0.05, 0.1) is 5.60 Å². The molecule has 0 bridgehead atoms. The second-order valence-corrected chi connectivity index (χ2v) is 4.85. The molecule has 0 radical (unpaired) electrons. The molecule has 0 rings (SSSR count). The van der Waals surface area contributed by atoms with Crippen LogP contribution in [0.1, 0.15) is 41.0 Å². The van der Waals surface area contributed by atoms with Gasteiger partial charge >= 0.3 is 0 Å². The van der Waals surface area contributed by atoms with Gasteiger partial charge in [-0.3, -0.25) is 0 Å². The maximum Gasteiger partial charge on any atom is 0.0603 e. The zero-order valence-corrected chi connectivity index (χ0v) is 9.80. The van der Waals surface area contributed by atoms with E-state index >= 15 is 0 Å². The maximum absolute atomic E-state index is 9.57. The molecule has 0 aliphatic rings. The molecule has 0 aromatic rings. The normalized spacial score (nSPS) is 12.9. The lowest BCUT2D eigenvalue weighted by molar-refractivity contribution is 0.0568. The number of hydrogen-bond donors (Lipinski definition) is 1.